The van der Waals surface area contributed by atoms with Gasteiger partial charge in [-0.3, -0.25) is 0 Å². The van der Waals surface area contributed by atoms with Crippen molar-refractivity contribution in [2.45, 2.75) is 0 Å². The molecule has 170 valence electrons. The van der Waals surface area contributed by atoms with Crippen molar-refractivity contribution in [3.63, 3.8) is 0 Å². The molecular weight excluding hydrogens is 542 g/mol. The summed E-state index contributed by atoms with van der Waals surface area (Å²) in [5, 5.41) is 29.9. The number of carbonyl (C=O) groups excluding carboxylic acids is 3. The second-order valence-electron chi connectivity index (χ2n) is 6.19. The van der Waals surface area contributed by atoms with E-state index in [2.05, 4.69) is 0 Å². The number of carboxylic acids is 3. The van der Waals surface area contributed by atoms with E-state index >= 15 is 0 Å². The van der Waals surface area contributed by atoms with E-state index in [0.717, 1.165) is 34.9 Å². The normalized spacial score (nSPS) is 9.88. The Kier molecular flexibility index (Phi) is 16.5. The summed E-state index contributed by atoms with van der Waals surface area (Å²) < 4.78 is 0. The molecule has 3 rings (SSSR count). The minimum Gasteiger partial charge on any atom is -0.545 e. The molecule has 2 radical (unpaired) electrons. The fourth-order valence-corrected chi connectivity index (χ4v) is 2.19. The number of hydrogen-bond acceptors (Lipinski definition) is 6. The van der Waals surface area contributed by atoms with Crippen molar-refractivity contribution in [3.8, 4) is 0 Å². The van der Waals surface area contributed by atoms with Crippen LogP contribution in [-0.4, -0.2) is 42.3 Å². The summed E-state index contributed by atoms with van der Waals surface area (Å²) in [5.41, 5.74) is 2.57. The summed E-state index contributed by atoms with van der Waals surface area (Å²) in [6.45, 7) is 0. The molecule has 0 amide bonds. The summed E-state index contributed by atoms with van der Waals surface area (Å²) in [5.74, 6) is -3.52. The van der Waals surface area contributed by atoms with Crippen molar-refractivity contribution < 1.29 is 29.7 Å². The van der Waals surface area contributed by atoms with Crippen LogP contribution in [0.4, 0.5) is 0 Å². The van der Waals surface area contributed by atoms with Gasteiger partial charge in [0, 0.05) is 0 Å². The predicted molar refractivity (Wildman–Crippen MR) is 127 cm³/mol. The first-order valence-corrected chi connectivity index (χ1v) is 9.69. The number of carboxylic acid groups (broad SMARTS) is 3. The molecule has 0 unspecified atom stereocenters. The van der Waals surface area contributed by atoms with Crippen LogP contribution in [0.25, 0.3) is 18.2 Å². The maximum absolute atomic E-state index is 9.97. The Bertz CT molecular complexity index is 934. The van der Waals surface area contributed by atoms with Gasteiger partial charge in [0.1, 0.15) is 0 Å². The van der Waals surface area contributed by atoms with Gasteiger partial charge in [-0.1, -0.05) is 109 Å². The zero-order chi connectivity index (χ0) is 24.3. The monoisotopic (exact) mass is 562 g/mol. The minimum atomic E-state index is -1.17. The van der Waals surface area contributed by atoms with Crippen molar-refractivity contribution in [1.82, 2.24) is 0 Å². The third-order valence-corrected chi connectivity index (χ3v) is 3.63. The second kappa shape index (κ2) is 18.7. The first kappa shape index (κ1) is 30.1. The Hall–Kier alpha value is -3.89. The van der Waals surface area contributed by atoms with Gasteiger partial charge in [-0.25, -0.2) is 0 Å². The van der Waals surface area contributed by atoms with Crippen molar-refractivity contribution in [2.24, 2.45) is 0 Å². The number of rotatable bonds is 6. The molecule has 7 heteroatoms. The molecule has 0 fully saturated rings. The van der Waals surface area contributed by atoms with Crippen LogP contribution in [0.3, 0.4) is 0 Å². The molecule has 0 aliphatic heterocycles. The SMILES string of the molecule is O=C([O-])C=Cc1ccccc1.O=C([O-])C=Cc1ccccc1.O=C([O-])C=Cc1ccccc1.[Sb+3]. The Morgan fingerprint density at radius 2 is 0.647 bits per heavy atom. The first-order valence-electron chi connectivity index (χ1n) is 9.69. The molecule has 0 bridgehead atoms. The summed E-state index contributed by atoms with van der Waals surface area (Å²) in [4.78, 5) is 29.9. The molecule has 0 spiro atoms. The third kappa shape index (κ3) is 16.8. The molecule has 0 N–H and O–H groups in total. The van der Waals surface area contributed by atoms with Crippen LogP contribution in [-0.2, 0) is 14.4 Å². The molecular formula is C27H21O6Sb. The van der Waals surface area contributed by atoms with Crippen molar-refractivity contribution in [2.75, 3.05) is 0 Å². The van der Waals surface area contributed by atoms with E-state index in [4.69, 9.17) is 0 Å². The molecule has 3 aromatic carbocycles. The smallest absolute Gasteiger partial charge is 0.545 e. The van der Waals surface area contributed by atoms with E-state index in [1.807, 2.05) is 91.0 Å². The number of aliphatic carboxylic acids is 3. The van der Waals surface area contributed by atoms with E-state index in [9.17, 15) is 29.7 Å². The summed E-state index contributed by atoms with van der Waals surface area (Å²) in [7, 11) is 0. The largest absolute Gasteiger partial charge is 3.00 e. The zero-order valence-electron chi connectivity index (χ0n) is 18.0. The van der Waals surface area contributed by atoms with Gasteiger partial charge in [-0.2, -0.15) is 0 Å². The second-order valence-corrected chi connectivity index (χ2v) is 6.19. The molecule has 0 atom stereocenters. The van der Waals surface area contributed by atoms with Crippen LogP contribution < -0.4 is 15.3 Å². The van der Waals surface area contributed by atoms with Gasteiger partial charge in [0.15, 0.2) is 0 Å². The van der Waals surface area contributed by atoms with Crippen LogP contribution >= 0.6 is 0 Å². The Balaban J connectivity index is 0.000000473. The zero-order valence-corrected chi connectivity index (χ0v) is 20.6. The fraction of sp³-hybridized carbons (Fsp3) is 0. The van der Waals surface area contributed by atoms with E-state index in [1.54, 1.807) is 0 Å². The van der Waals surface area contributed by atoms with Crippen LogP contribution in [0.1, 0.15) is 16.7 Å². The van der Waals surface area contributed by atoms with Crippen LogP contribution in [0.5, 0.6) is 0 Å². The Morgan fingerprint density at radius 1 is 0.441 bits per heavy atom. The predicted octanol–water partition coefficient (Wildman–Crippen LogP) is 0.968. The molecule has 6 nitrogen and oxygen atoms in total. The van der Waals surface area contributed by atoms with Gasteiger partial charge in [0.05, 0.1) is 17.9 Å². The molecule has 34 heavy (non-hydrogen) atoms. The molecule has 0 heterocycles. The molecule has 0 aliphatic rings. The third-order valence-electron chi connectivity index (χ3n) is 3.63. The van der Waals surface area contributed by atoms with E-state index in [0.29, 0.717) is 0 Å². The summed E-state index contributed by atoms with van der Waals surface area (Å²) in [6.07, 6.45) is 7.51. The number of hydrogen-bond donors (Lipinski definition) is 0. The van der Waals surface area contributed by atoms with Gasteiger partial charge >= 0.3 is 24.4 Å². The standard InChI is InChI=1S/3C9H8O2.Sb/c3*10-9(11)7-6-8-4-2-1-3-5-8;/h3*1-7H,(H,10,11);/q;;;+3/p-3. The van der Waals surface area contributed by atoms with Gasteiger partial charge in [-0.15, -0.1) is 0 Å². The summed E-state index contributed by atoms with van der Waals surface area (Å²) >= 11 is 0. The van der Waals surface area contributed by atoms with E-state index in [1.165, 1.54) is 18.2 Å². The quantitative estimate of drug-likeness (QED) is 0.326. The van der Waals surface area contributed by atoms with Gasteiger partial charge in [-0.05, 0) is 34.9 Å². The molecule has 0 aliphatic carbocycles. The number of benzene rings is 3. The van der Waals surface area contributed by atoms with Gasteiger partial charge in [0.25, 0.3) is 0 Å². The maximum atomic E-state index is 9.97. The van der Waals surface area contributed by atoms with E-state index < -0.39 is 17.9 Å². The molecule has 0 saturated heterocycles. The van der Waals surface area contributed by atoms with Crippen molar-refractivity contribution in [1.29, 1.82) is 0 Å². The molecule has 0 saturated carbocycles. The topological polar surface area (TPSA) is 120 Å². The van der Waals surface area contributed by atoms with Crippen LogP contribution in [0, 0.1) is 0 Å². The summed E-state index contributed by atoms with van der Waals surface area (Å²) in [6, 6.07) is 27.6. The van der Waals surface area contributed by atoms with Crippen molar-refractivity contribution >= 4 is 60.6 Å². The fourth-order valence-electron chi connectivity index (χ4n) is 2.19. The minimum absolute atomic E-state index is 0. The number of carbonyl (C=O) groups is 3. The Morgan fingerprint density at radius 3 is 0.824 bits per heavy atom. The molecule has 3 aromatic rings. The first-order chi connectivity index (χ1) is 15.9. The van der Waals surface area contributed by atoms with Crippen molar-refractivity contribution in [3.05, 3.63) is 126 Å². The van der Waals surface area contributed by atoms with Crippen LogP contribution in [0.2, 0.25) is 0 Å². The van der Waals surface area contributed by atoms with Crippen LogP contribution in [0.15, 0.2) is 109 Å². The Labute approximate surface area is 215 Å². The maximum Gasteiger partial charge on any atom is 3.00 e. The average Bonchev–Trinajstić information content (AvgIpc) is 2.83. The average molecular weight is 563 g/mol. The van der Waals surface area contributed by atoms with E-state index in [-0.39, 0.29) is 24.4 Å². The van der Waals surface area contributed by atoms with Gasteiger partial charge < -0.3 is 29.7 Å². The van der Waals surface area contributed by atoms with Gasteiger partial charge in [0.2, 0.25) is 0 Å². The molecule has 0 aromatic heterocycles.